The summed E-state index contributed by atoms with van der Waals surface area (Å²) in [6.45, 7) is 4.38. The highest BCUT2D eigenvalue weighted by molar-refractivity contribution is 5.62. The number of hydrogen-bond acceptors (Lipinski definition) is 2. The molecule has 1 aromatic heterocycles. The smallest absolute Gasteiger partial charge is 0.123 e. The Hall–Kier alpha value is -1.74. The van der Waals surface area contributed by atoms with Crippen molar-refractivity contribution in [3.8, 4) is 11.1 Å². The van der Waals surface area contributed by atoms with E-state index in [1.54, 1.807) is 18.3 Å². The van der Waals surface area contributed by atoms with Gasteiger partial charge in [0.15, 0.2) is 0 Å². The summed E-state index contributed by atoms with van der Waals surface area (Å²) in [5.74, 6) is -0.206. The Balaban J connectivity index is 1.80. The molecule has 0 aliphatic carbocycles. The number of piperidine rings is 1. The molecule has 1 aliphatic rings. The maximum absolute atomic E-state index is 13.3. The first kappa shape index (κ1) is 14.2. The van der Waals surface area contributed by atoms with Crippen molar-refractivity contribution in [3.63, 3.8) is 0 Å². The number of pyridine rings is 1. The normalized spacial score (nSPS) is 19.6. The van der Waals surface area contributed by atoms with Gasteiger partial charge in [-0.2, -0.15) is 0 Å². The Morgan fingerprint density at radius 3 is 2.90 bits per heavy atom. The first-order valence-electron chi connectivity index (χ1n) is 7.66. The molecule has 1 fully saturated rings. The first-order valence-corrected chi connectivity index (χ1v) is 7.66. The molecular formula is C18H21FN2. The van der Waals surface area contributed by atoms with E-state index in [0.29, 0.717) is 6.04 Å². The van der Waals surface area contributed by atoms with Crippen LogP contribution < -0.4 is 0 Å². The Kier molecular flexibility index (Phi) is 4.30. The standard InChI is InChI=1S/C18H21FN2/c1-14-5-2-3-8-21(14)13-15-9-17(12-20-11-15)16-6-4-7-18(19)10-16/h4,6-7,9-12,14H,2-3,5,8,13H2,1H3. The van der Waals surface area contributed by atoms with E-state index in [1.807, 2.05) is 12.3 Å². The number of aromatic nitrogens is 1. The van der Waals surface area contributed by atoms with Crippen LogP contribution >= 0.6 is 0 Å². The number of likely N-dealkylation sites (tertiary alicyclic amines) is 1. The van der Waals surface area contributed by atoms with Gasteiger partial charge in [0.2, 0.25) is 0 Å². The van der Waals surface area contributed by atoms with Crippen LogP contribution in [-0.4, -0.2) is 22.5 Å². The van der Waals surface area contributed by atoms with E-state index in [9.17, 15) is 4.39 Å². The average molecular weight is 284 g/mol. The van der Waals surface area contributed by atoms with Crippen molar-refractivity contribution in [2.45, 2.75) is 38.8 Å². The van der Waals surface area contributed by atoms with Gasteiger partial charge in [-0.25, -0.2) is 4.39 Å². The zero-order chi connectivity index (χ0) is 14.7. The van der Waals surface area contributed by atoms with E-state index in [4.69, 9.17) is 0 Å². The van der Waals surface area contributed by atoms with Crippen molar-refractivity contribution in [1.82, 2.24) is 9.88 Å². The zero-order valence-corrected chi connectivity index (χ0v) is 12.4. The van der Waals surface area contributed by atoms with Gasteiger partial charge in [-0.05, 0) is 55.6 Å². The molecule has 1 aromatic carbocycles. The van der Waals surface area contributed by atoms with Gasteiger partial charge in [-0.1, -0.05) is 18.6 Å². The molecule has 1 aliphatic heterocycles. The molecule has 0 N–H and O–H groups in total. The molecule has 0 saturated carbocycles. The van der Waals surface area contributed by atoms with Crippen molar-refractivity contribution in [2.75, 3.05) is 6.54 Å². The Morgan fingerprint density at radius 2 is 2.10 bits per heavy atom. The molecule has 1 unspecified atom stereocenters. The van der Waals surface area contributed by atoms with Crippen molar-refractivity contribution in [3.05, 3.63) is 54.1 Å². The van der Waals surface area contributed by atoms with E-state index < -0.39 is 0 Å². The van der Waals surface area contributed by atoms with E-state index in [1.165, 1.54) is 30.9 Å². The van der Waals surface area contributed by atoms with Gasteiger partial charge in [0, 0.05) is 30.5 Å². The second-order valence-corrected chi connectivity index (χ2v) is 5.91. The first-order chi connectivity index (χ1) is 10.2. The predicted octanol–water partition coefficient (Wildman–Crippen LogP) is 4.26. The second-order valence-electron chi connectivity index (χ2n) is 5.91. The fraction of sp³-hybridized carbons (Fsp3) is 0.389. The van der Waals surface area contributed by atoms with Crippen LogP contribution in [0.3, 0.4) is 0 Å². The summed E-state index contributed by atoms with van der Waals surface area (Å²) >= 11 is 0. The van der Waals surface area contributed by atoms with Crippen molar-refractivity contribution in [1.29, 1.82) is 0 Å². The third kappa shape index (κ3) is 3.48. The minimum absolute atomic E-state index is 0.206. The molecule has 3 rings (SSSR count). The summed E-state index contributed by atoms with van der Waals surface area (Å²) in [6.07, 6.45) is 7.61. The van der Waals surface area contributed by atoms with Crippen molar-refractivity contribution >= 4 is 0 Å². The molecule has 1 saturated heterocycles. The molecule has 1 atom stereocenters. The summed E-state index contributed by atoms with van der Waals surface area (Å²) in [7, 11) is 0. The number of hydrogen-bond donors (Lipinski definition) is 0. The molecule has 0 amide bonds. The zero-order valence-electron chi connectivity index (χ0n) is 12.4. The molecule has 110 valence electrons. The summed E-state index contributed by atoms with van der Waals surface area (Å²) < 4.78 is 13.3. The summed E-state index contributed by atoms with van der Waals surface area (Å²) in [6, 6.07) is 9.46. The minimum Gasteiger partial charge on any atom is -0.296 e. The van der Waals surface area contributed by atoms with Crippen molar-refractivity contribution in [2.24, 2.45) is 0 Å². The third-order valence-electron chi connectivity index (χ3n) is 4.28. The molecule has 21 heavy (non-hydrogen) atoms. The fourth-order valence-corrected chi connectivity index (χ4v) is 3.03. The number of benzene rings is 1. The molecule has 3 heteroatoms. The lowest BCUT2D eigenvalue weighted by molar-refractivity contribution is 0.152. The van der Waals surface area contributed by atoms with Crippen LogP contribution in [0.15, 0.2) is 42.7 Å². The second kappa shape index (κ2) is 6.35. The maximum atomic E-state index is 13.3. The topological polar surface area (TPSA) is 16.1 Å². The minimum atomic E-state index is -0.206. The average Bonchev–Trinajstić information content (AvgIpc) is 2.50. The van der Waals surface area contributed by atoms with Gasteiger partial charge in [0.05, 0.1) is 0 Å². The third-order valence-corrected chi connectivity index (χ3v) is 4.28. The summed E-state index contributed by atoms with van der Waals surface area (Å²) in [5, 5.41) is 0. The number of halogens is 1. The van der Waals surface area contributed by atoms with E-state index in [2.05, 4.69) is 22.9 Å². The fourth-order valence-electron chi connectivity index (χ4n) is 3.03. The van der Waals surface area contributed by atoms with Crippen LogP contribution in [0.1, 0.15) is 31.7 Å². The van der Waals surface area contributed by atoms with Gasteiger partial charge in [0.25, 0.3) is 0 Å². The molecule has 0 bridgehead atoms. The Labute approximate surface area is 125 Å². The van der Waals surface area contributed by atoms with E-state index >= 15 is 0 Å². The Morgan fingerprint density at radius 1 is 1.19 bits per heavy atom. The maximum Gasteiger partial charge on any atom is 0.123 e. The van der Waals surface area contributed by atoms with Crippen LogP contribution in [0.2, 0.25) is 0 Å². The van der Waals surface area contributed by atoms with E-state index in [0.717, 1.165) is 24.2 Å². The van der Waals surface area contributed by atoms with E-state index in [-0.39, 0.29) is 5.82 Å². The van der Waals surface area contributed by atoms with Gasteiger partial charge in [-0.3, -0.25) is 9.88 Å². The highest BCUT2D eigenvalue weighted by atomic mass is 19.1. The lowest BCUT2D eigenvalue weighted by Crippen LogP contribution is -2.36. The van der Waals surface area contributed by atoms with Crippen molar-refractivity contribution < 1.29 is 4.39 Å². The monoisotopic (exact) mass is 284 g/mol. The predicted molar refractivity (Wildman–Crippen MR) is 83.4 cm³/mol. The molecule has 2 heterocycles. The van der Waals surface area contributed by atoms with Gasteiger partial charge >= 0.3 is 0 Å². The van der Waals surface area contributed by atoms with Gasteiger partial charge in [-0.15, -0.1) is 0 Å². The lowest BCUT2D eigenvalue weighted by Gasteiger charge is -2.33. The molecule has 0 spiro atoms. The van der Waals surface area contributed by atoms with Crippen LogP contribution in [0, 0.1) is 5.82 Å². The van der Waals surface area contributed by atoms with Crippen LogP contribution in [-0.2, 0) is 6.54 Å². The van der Waals surface area contributed by atoms with Crippen LogP contribution in [0.4, 0.5) is 4.39 Å². The largest absolute Gasteiger partial charge is 0.296 e. The molecule has 2 aromatic rings. The quantitative estimate of drug-likeness (QED) is 0.837. The molecule has 0 radical (unpaired) electrons. The number of nitrogens with zero attached hydrogens (tertiary/aromatic N) is 2. The molecule has 2 nitrogen and oxygen atoms in total. The highest BCUT2D eigenvalue weighted by Crippen LogP contribution is 2.23. The molecular weight excluding hydrogens is 263 g/mol. The number of rotatable bonds is 3. The highest BCUT2D eigenvalue weighted by Gasteiger charge is 2.18. The summed E-state index contributed by atoms with van der Waals surface area (Å²) in [4.78, 5) is 6.84. The van der Waals surface area contributed by atoms with Crippen LogP contribution in [0.25, 0.3) is 11.1 Å². The van der Waals surface area contributed by atoms with Crippen LogP contribution in [0.5, 0.6) is 0 Å². The SMILES string of the molecule is CC1CCCCN1Cc1cncc(-c2cccc(F)c2)c1. The summed E-state index contributed by atoms with van der Waals surface area (Å²) in [5.41, 5.74) is 3.07. The van der Waals surface area contributed by atoms with Gasteiger partial charge in [0.1, 0.15) is 5.82 Å². The van der Waals surface area contributed by atoms with Gasteiger partial charge < -0.3 is 0 Å². The Bertz CT molecular complexity index is 612. The lowest BCUT2D eigenvalue weighted by atomic mass is 10.0.